The highest BCUT2D eigenvalue weighted by molar-refractivity contribution is 5.78. The van der Waals surface area contributed by atoms with Gasteiger partial charge in [0.15, 0.2) is 0 Å². The number of carboxylic acids is 1. The number of carboxylic acid groups (broad SMARTS) is 1. The van der Waals surface area contributed by atoms with Gasteiger partial charge < -0.3 is 5.11 Å². The first-order valence-electron chi connectivity index (χ1n) is 8.95. The van der Waals surface area contributed by atoms with Gasteiger partial charge in [-0.1, -0.05) is 55.5 Å². The minimum Gasteiger partial charge on any atom is -0.481 e. The summed E-state index contributed by atoms with van der Waals surface area (Å²) >= 11 is 0. The second-order valence-electron chi connectivity index (χ2n) is 6.60. The molecule has 0 radical (unpaired) electrons. The molecule has 1 heterocycles. The van der Waals surface area contributed by atoms with Crippen LogP contribution in [0.15, 0.2) is 60.7 Å². The maximum atomic E-state index is 11.1. The number of benzene rings is 2. The number of hydrogen-bond acceptors (Lipinski definition) is 3. The number of nitrogens with zero attached hydrogens (tertiary/aromatic N) is 2. The summed E-state index contributed by atoms with van der Waals surface area (Å²) in [6.07, 6.45) is 0. The normalized spacial score (nSPS) is 12.4. The largest absolute Gasteiger partial charge is 0.481 e. The first kappa shape index (κ1) is 18.1. The molecule has 26 heavy (non-hydrogen) atoms. The predicted octanol–water partition coefficient (Wildman–Crippen LogP) is 4.45. The molecule has 1 aromatic heterocycles. The fourth-order valence-electron chi connectivity index (χ4n) is 3.02. The smallest absolute Gasteiger partial charge is 0.310 e. The zero-order chi connectivity index (χ0) is 18.5. The van der Waals surface area contributed by atoms with Crippen LogP contribution in [0.4, 0.5) is 0 Å². The van der Waals surface area contributed by atoms with Crippen LogP contribution in [-0.4, -0.2) is 27.5 Å². The highest BCUT2D eigenvalue weighted by Crippen LogP contribution is 2.18. The van der Waals surface area contributed by atoms with E-state index in [1.807, 2.05) is 42.5 Å². The van der Waals surface area contributed by atoms with Gasteiger partial charge >= 0.3 is 5.97 Å². The van der Waals surface area contributed by atoms with Crippen molar-refractivity contribution in [3.05, 3.63) is 77.5 Å². The molecule has 3 rings (SSSR count). The molecule has 1 N–H and O–H groups in total. The SMILES string of the molecule is CCN(Cc1ccc([C@@H](C)C(=O)O)cc1)Cc1ccc2ccccc2n1. The Labute approximate surface area is 154 Å². The molecule has 1 atom stereocenters. The lowest BCUT2D eigenvalue weighted by atomic mass is 10.00. The Balaban J connectivity index is 1.69. The van der Waals surface area contributed by atoms with Gasteiger partial charge in [0.05, 0.1) is 17.1 Å². The van der Waals surface area contributed by atoms with Crippen molar-refractivity contribution in [3.8, 4) is 0 Å². The van der Waals surface area contributed by atoms with E-state index in [1.54, 1.807) is 6.92 Å². The van der Waals surface area contributed by atoms with Gasteiger partial charge in [-0.15, -0.1) is 0 Å². The fraction of sp³-hybridized carbons (Fsp3) is 0.273. The minimum absolute atomic E-state index is 0.479. The summed E-state index contributed by atoms with van der Waals surface area (Å²) < 4.78 is 0. The van der Waals surface area contributed by atoms with E-state index < -0.39 is 11.9 Å². The van der Waals surface area contributed by atoms with Crippen LogP contribution in [0, 0.1) is 0 Å². The van der Waals surface area contributed by atoms with Crippen molar-refractivity contribution in [1.82, 2.24) is 9.88 Å². The third-order valence-electron chi connectivity index (χ3n) is 4.75. The maximum Gasteiger partial charge on any atom is 0.310 e. The van der Waals surface area contributed by atoms with Gasteiger partial charge in [-0.2, -0.15) is 0 Å². The lowest BCUT2D eigenvalue weighted by Gasteiger charge is -2.20. The van der Waals surface area contributed by atoms with Crippen molar-refractivity contribution in [2.45, 2.75) is 32.9 Å². The number of aliphatic carboxylic acids is 1. The van der Waals surface area contributed by atoms with Crippen LogP contribution in [0.3, 0.4) is 0 Å². The van der Waals surface area contributed by atoms with Crippen molar-refractivity contribution in [2.24, 2.45) is 0 Å². The molecule has 0 amide bonds. The van der Waals surface area contributed by atoms with E-state index >= 15 is 0 Å². The summed E-state index contributed by atoms with van der Waals surface area (Å²) in [6, 6.07) is 20.2. The molecular formula is C22H24N2O2. The molecule has 0 unspecified atom stereocenters. The van der Waals surface area contributed by atoms with Crippen LogP contribution < -0.4 is 0 Å². The van der Waals surface area contributed by atoms with Crippen molar-refractivity contribution in [2.75, 3.05) is 6.54 Å². The Morgan fingerprint density at radius 2 is 1.77 bits per heavy atom. The van der Waals surface area contributed by atoms with E-state index in [0.29, 0.717) is 0 Å². The van der Waals surface area contributed by atoms with Crippen LogP contribution in [0.5, 0.6) is 0 Å². The molecule has 0 saturated heterocycles. The summed E-state index contributed by atoms with van der Waals surface area (Å²) in [5.41, 5.74) is 4.09. The standard InChI is InChI=1S/C22H24N2O2/c1-3-24(14-17-8-10-18(11-9-17)16(2)22(25)26)15-20-13-12-19-6-4-5-7-21(19)23-20/h4-13,16H,3,14-15H2,1-2H3,(H,25,26)/t16-/m1/s1. The third kappa shape index (κ3) is 4.27. The quantitative estimate of drug-likeness (QED) is 0.685. The first-order valence-corrected chi connectivity index (χ1v) is 8.95. The number of para-hydroxylation sites is 1. The number of hydrogen-bond donors (Lipinski definition) is 1. The van der Waals surface area contributed by atoms with Gasteiger partial charge in [-0.25, -0.2) is 0 Å². The molecule has 2 aromatic carbocycles. The number of carbonyl (C=O) groups is 1. The van der Waals surface area contributed by atoms with E-state index in [0.717, 1.165) is 41.8 Å². The first-order chi connectivity index (χ1) is 12.6. The van der Waals surface area contributed by atoms with Crippen molar-refractivity contribution in [1.29, 1.82) is 0 Å². The number of aromatic nitrogens is 1. The lowest BCUT2D eigenvalue weighted by molar-refractivity contribution is -0.138. The Bertz CT molecular complexity index is 890. The second kappa shape index (κ2) is 8.11. The Morgan fingerprint density at radius 1 is 1.04 bits per heavy atom. The Kier molecular flexibility index (Phi) is 5.64. The van der Waals surface area contributed by atoms with E-state index in [2.05, 4.69) is 30.0 Å². The predicted molar refractivity (Wildman–Crippen MR) is 104 cm³/mol. The average Bonchev–Trinajstić information content (AvgIpc) is 2.67. The van der Waals surface area contributed by atoms with E-state index in [-0.39, 0.29) is 0 Å². The van der Waals surface area contributed by atoms with Crippen LogP contribution in [-0.2, 0) is 17.9 Å². The summed E-state index contributed by atoms with van der Waals surface area (Å²) in [7, 11) is 0. The molecule has 0 spiro atoms. The van der Waals surface area contributed by atoms with Gasteiger partial charge in [0.25, 0.3) is 0 Å². The van der Waals surface area contributed by atoms with Crippen molar-refractivity contribution in [3.63, 3.8) is 0 Å². The van der Waals surface area contributed by atoms with E-state index in [9.17, 15) is 4.79 Å². The summed E-state index contributed by atoms with van der Waals surface area (Å²) in [4.78, 5) is 18.2. The zero-order valence-electron chi connectivity index (χ0n) is 15.2. The Morgan fingerprint density at radius 3 is 2.46 bits per heavy atom. The monoisotopic (exact) mass is 348 g/mol. The Hall–Kier alpha value is -2.72. The molecule has 3 aromatic rings. The van der Waals surface area contributed by atoms with Gasteiger partial charge in [-0.05, 0) is 36.7 Å². The van der Waals surface area contributed by atoms with Crippen LogP contribution in [0.25, 0.3) is 10.9 Å². The van der Waals surface area contributed by atoms with E-state index in [1.165, 1.54) is 5.56 Å². The lowest BCUT2D eigenvalue weighted by Crippen LogP contribution is -2.23. The van der Waals surface area contributed by atoms with Crippen molar-refractivity contribution >= 4 is 16.9 Å². The third-order valence-corrected chi connectivity index (χ3v) is 4.75. The van der Waals surface area contributed by atoms with Gasteiger partial charge in [-0.3, -0.25) is 14.7 Å². The molecule has 4 nitrogen and oxygen atoms in total. The topological polar surface area (TPSA) is 53.4 Å². The molecule has 0 aliphatic carbocycles. The van der Waals surface area contributed by atoms with Gasteiger partial charge in [0.2, 0.25) is 0 Å². The molecule has 0 aliphatic rings. The molecule has 0 fully saturated rings. The van der Waals surface area contributed by atoms with Crippen LogP contribution in [0.1, 0.15) is 36.6 Å². The molecule has 0 aliphatic heterocycles. The average molecular weight is 348 g/mol. The molecule has 134 valence electrons. The fourth-order valence-corrected chi connectivity index (χ4v) is 3.02. The second-order valence-corrected chi connectivity index (χ2v) is 6.60. The molecule has 4 heteroatoms. The van der Waals surface area contributed by atoms with E-state index in [4.69, 9.17) is 10.1 Å². The minimum atomic E-state index is -0.796. The molecular weight excluding hydrogens is 324 g/mol. The molecule has 0 saturated carbocycles. The zero-order valence-corrected chi connectivity index (χ0v) is 15.2. The highest BCUT2D eigenvalue weighted by atomic mass is 16.4. The number of fused-ring (bicyclic) bond motifs is 1. The molecule has 0 bridgehead atoms. The van der Waals surface area contributed by atoms with Gasteiger partial charge in [0, 0.05) is 18.5 Å². The van der Waals surface area contributed by atoms with Crippen molar-refractivity contribution < 1.29 is 9.90 Å². The van der Waals surface area contributed by atoms with Gasteiger partial charge in [0.1, 0.15) is 0 Å². The summed E-state index contributed by atoms with van der Waals surface area (Å²) in [6.45, 7) is 6.37. The van der Waals surface area contributed by atoms with Crippen LogP contribution in [0.2, 0.25) is 0 Å². The maximum absolute atomic E-state index is 11.1. The summed E-state index contributed by atoms with van der Waals surface area (Å²) in [5, 5.41) is 10.3. The number of pyridine rings is 1. The van der Waals surface area contributed by atoms with Crippen LogP contribution >= 0.6 is 0 Å². The highest BCUT2D eigenvalue weighted by Gasteiger charge is 2.13. The number of rotatable bonds is 7. The summed E-state index contributed by atoms with van der Waals surface area (Å²) in [5.74, 6) is -1.27.